The van der Waals surface area contributed by atoms with E-state index < -0.39 is 0 Å². The van der Waals surface area contributed by atoms with Crippen molar-refractivity contribution in [2.45, 2.75) is 33.4 Å². The summed E-state index contributed by atoms with van der Waals surface area (Å²) in [4.78, 5) is 15.3. The Morgan fingerprint density at radius 2 is 2.25 bits per heavy atom. The number of carbonyl (C=O) groups excluding carboxylic acids is 1. The van der Waals surface area contributed by atoms with Gasteiger partial charge in [0.15, 0.2) is 0 Å². The molecular weight excluding hydrogens is 256 g/mol. The van der Waals surface area contributed by atoms with Crippen LogP contribution in [-0.4, -0.2) is 28.1 Å². The summed E-state index contributed by atoms with van der Waals surface area (Å²) in [6.07, 6.45) is 0.0753. The van der Waals surface area contributed by atoms with E-state index in [9.17, 15) is 4.79 Å². The molecule has 0 unspecified atom stereocenters. The number of rotatable bonds is 5. The molecule has 108 valence electrons. The molecule has 1 aromatic heterocycles. The van der Waals surface area contributed by atoms with Crippen LogP contribution in [0.15, 0.2) is 18.2 Å². The highest BCUT2D eigenvalue weighted by atomic mass is 16.5. The Morgan fingerprint density at radius 1 is 1.50 bits per heavy atom. The van der Waals surface area contributed by atoms with E-state index in [4.69, 9.17) is 10.5 Å². The van der Waals surface area contributed by atoms with Crippen LogP contribution in [0.2, 0.25) is 0 Å². The molecule has 0 fully saturated rings. The van der Waals surface area contributed by atoms with Gasteiger partial charge in [-0.25, -0.2) is 4.98 Å². The molecule has 3 N–H and O–H groups in total. The third kappa shape index (κ3) is 3.01. The highest BCUT2D eigenvalue weighted by Crippen LogP contribution is 2.27. The fourth-order valence-corrected chi connectivity index (χ4v) is 2.07. The number of hydrogen-bond acceptors (Lipinski definition) is 4. The van der Waals surface area contributed by atoms with Crippen molar-refractivity contribution in [3.63, 3.8) is 0 Å². The van der Waals surface area contributed by atoms with Gasteiger partial charge in [0.05, 0.1) is 11.6 Å². The predicted octanol–water partition coefficient (Wildman–Crippen LogP) is 1.54. The zero-order chi connectivity index (χ0) is 14.7. The van der Waals surface area contributed by atoms with E-state index in [2.05, 4.69) is 10.3 Å². The maximum Gasteiger partial charge on any atom is 0.216 e. The van der Waals surface area contributed by atoms with Gasteiger partial charge in [-0.15, -0.1) is 0 Å². The molecule has 1 aromatic carbocycles. The normalized spacial score (nSPS) is 11.0. The van der Waals surface area contributed by atoms with Crippen molar-refractivity contribution in [2.75, 3.05) is 12.3 Å². The average Bonchev–Trinajstić information content (AvgIpc) is 2.66. The van der Waals surface area contributed by atoms with Crippen molar-refractivity contribution in [3.8, 4) is 5.75 Å². The number of anilines is 1. The van der Waals surface area contributed by atoms with E-state index in [1.807, 2.05) is 36.6 Å². The molecule has 6 heteroatoms. The van der Waals surface area contributed by atoms with E-state index in [1.54, 1.807) is 0 Å². The third-order valence-corrected chi connectivity index (χ3v) is 2.84. The molecule has 6 nitrogen and oxygen atoms in total. The summed E-state index contributed by atoms with van der Waals surface area (Å²) in [6, 6.07) is 5.74. The van der Waals surface area contributed by atoms with Crippen molar-refractivity contribution < 1.29 is 9.53 Å². The van der Waals surface area contributed by atoms with Gasteiger partial charge in [-0.1, -0.05) is 6.07 Å². The molecular formula is C14H20N4O2. The Morgan fingerprint density at radius 3 is 2.90 bits per heavy atom. The van der Waals surface area contributed by atoms with Crippen LogP contribution in [0.25, 0.3) is 11.0 Å². The highest BCUT2D eigenvalue weighted by molar-refractivity contribution is 5.84. The molecule has 0 aliphatic rings. The van der Waals surface area contributed by atoms with Gasteiger partial charge in [0.2, 0.25) is 11.9 Å². The number of fused-ring (bicyclic) bond motifs is 1. The molecule has 1 heterocycles. The first-order valence-electron chi connectivity index (χ1n) is 6.65. The zero-order valence-electron chi connectivity index (χ0n) is 12.0. The van der Waals surface area contributed by atoms with Gasteiger partial charge in [-0.05, 0) is 26.0 Å². The Hall–Kier alpha value is -2.24. The van der Waals surface area contributed by atoms with Crippen LogP contribution in [-0.2, 0) is 11.3 Å². The lowest BCUT2D eigenvalue weighted by molar-refractivity contribution is -0.118. The second kappa shape index (κ2) is 5.81. The Kier molecular flexibility index (Phi) is 4.12. The van der Waals surface area contributed by atoms with Crippen LogP contribution in [0, 0.1) is 0 Å². The zero-order valence-corrected chi connectivity index (χ0v) is 12.0. The minimum Gasteiger partial charge on any atom is -0.489 e. The first kappa shape index (κ1) is 14.2. The third-order valence-electron chi connectivity index (χ3n) is 2.84. The molecule has 20 heavy (non-hydrogen) atoms. The lowest BCUT2D eigenvalue weighted by atomic mass is 10.3. The van der Waals surface area contributed by atoms with Crippen LogP contribution in [0.5, 0.6) is 5.75 Å². The first-order valence-corrected chi connectivity index (χ1v) is 6.65. The Labute approximate surface area is 117 Å². The van der Waals surface area contributed by atoms with Gasteiger partial charge in [0, 0.05) is 20.0 Å². The number of ether oxygens (including phenoxy) is 1. The number of nitrogens with zero attached hydrogens (tertiary/aromatic N) is 2. The first-order chi connectivity index (χ1) is 9.49. The standard InChI is InChI=1S/C14H20N4O2/c1-9(2)20-12-6-4-5-11-13(12)17-14(15)18(11)8-7-16-10(3)19/h4-6,9H,7-8H2,1-3H3,(H2,15,17)(H,16,19). The summed E-state index contributed by atoms with van der Waals surface area (Å²) in [5.41, 5.74) is 7.61. The SMILES string of the molecule is CC(=O)NCCn1c(N)nc2c(OC(C)C)cccc21. The summed E-state index contributed by atoms with van der Waals surface area (Å²) in [5.74, 6) is 1.09. The molecule has 0 radical (unpaired) electrons. The summed E-state index contributed by atoms with van der Waals surface area (Å²) in [5, 5.41) is 2.75. The average molecular weight is 276 g/mol. The van der Waals surface area contributed by atoms with Gasteiger partial charge in [-0.3, -0.25) is 4.79 Å². The number of nitrogens with two attached hydrogens (primary N) is 1. The van der Waals surface area contributed by atoms with Gasteiger partial charge in [0.1, 0.15) is 11.3 Å². The lowest BCUT2D eigenvalue weighted by Crippen LogP contribution is -2.24. The molecule has 2 rings (SSSR count). The number of carbonyl (C=O) groups is 1. The minimum atomic E-state index is -0.0585. The monoisotopic (exact) mass is 276 g/mol. The van der Waals surface area contributed by atoms with Crippen LogP contribution < -0.4 is 15.8 Å². The number of hydrogen-bond donors (Lipinski definition) is 2. The van der Waals surface area contributed by atoms with E-state index >= 15 is 0 Å². The molecule has 0 atom stereocenters. The second-order valence-electron chi connectivity index (χ2n) is 4.90. The van der Waals surface area contributed by atoms with Crippen molar-refractivity contribution in [1.29, 1.82) is 0 Å². The number of para-hydroxylation sites is 1. The van der Waals surface area contributed by atoms with E-state index in [0.717, 1.165) is 16.8 Å². The number of amides is 1. The Bertz CT molecular complexity index is 619. The maximum atomic E-state index is 10.9. The summed E-state index contributed by atoms with van der Waals surface area (Å²) < 4.78 is 7.61. The molecule has 0 saturated heterocycles. The van der Waals surface area contributed by atoms with E-state index in [-0.39, 0.29) is 12.0 Å². The molecule has 0 aliphatic heterocycles. The van der Waals surface area contributed by atoms with Crippen LogP contribution in [0.3, 0.4) is 0 Å². The predicted molar refractivity (Wildman–Crippen MR) is 78.6 cm³/mol. The van der Waals surface area contributed by atoms with Crippen LogP contribution in [0.4, 0.5) is 5.95 Å². The van der Waals surface area contributed by atoms with Crippen molar-refractivity contribution in [2.24, 2.45) is 0 Å². The summed E-state index contributed by atoms with van der Waals surface area (Å²) in [7, 11) is 0. The number of nitrogen functional groups attached to an aromatic ring is 1. The number of nitrogens with one attached hydrogen (secondary N) is 1. The summed E-state index contributed by atoms with van der Waals surface area (Å²) in [6.45, 7) is 6.52. The highest BCUT2D eigenvalue weighted by Gasteiger charge is 2.13. The van der Waals surface area contributed by atoms with Crippen molar-refractivity contribution in [3.05, 3.63) is 18.2 Å². The van der Waals surface area contributed by atoms with Crippen molar-refractivity contribution >= 4 is 22.9 Å². The van der Waals surface area contributed by atoms with Crippen molar-refractivity contribution in [1.82, 2.24) is 14.9 Å². The fraction of sp³-hybridized carbons (Fsp3) is 0.429. The maximum absolute atomic E-state index is 10.9. The van der Waals surface area contributed by atoms with Crippen LogP contribution >= 0.6 is 0 Å². The second-order valence-corrected chi connectivity index (χ2v) is 4.90. The quantitative estimate of drug-likeness (QED) is 0.868. The molecule has 1 amide bonds. The minimum absolute atomic E-state index is 0.0585. The molecule has 0 spiro atoms. The molecule has 0 bridgehead atoms. The number of aromatic nitrogens is 2. The lowest BCUT2D eigenvalue weighted by Gasteiger charge is -2.10. The smallest absolute Gasteiger partial charge is 0.216 e. The fourth-order valence-electron chi connectivity index (χ4n) is 2.07. The van der Waals surface area contributed by atoms with E-state index in [1.165, 1.54) is 6.92 Å². The largest absolute Gasteiger partial charge is 0.489 e. The molecule has 0 saturated carbocycles. The van der Waals surface area contributed by atoms with E-state index in [0.29, 0.717) is 19.0 Å². The molecule has 0 aliphatic carbocycles. The van der Waals surface area contributed by atoms with Gasteiger partial charge in [0.25, 0.3) is 0 Å². The number of benzene rings is 1. The Balaban J connectivity index is 2.31. The topological polar surface area (TPSA) is 82.2 Å². The number of imidazole rings is 1. The molecule has 2 aromatic rings. The van der Waals surface area contributed by atoms with Crippen LogP contribution in [0.1, 0.15) is 20.8 Å². The summed E-state index contributed by atoms with van der Waals surface area (Å²) >= 11 is 0. The van der Waals surface area contributed by atoms with Gasteiger partial charge < -0.3 is 20.4 Å². The van der Waals surface area contributed by atoms with Gasteiger partial charge in [-0.2, -0.15) is 0 Å². The van der Waals surface area contributed by atoms with Gasteiger partial charge >= 0.3 is 0 Å².